The third-order valence-electron chi connectivity index (χ3n) is 3.67. The van der Waals surface area contributed by atoms with Crippen LogP contribution in [0.5, 0.6) is 0 Å². The number of carbonyl (C=O) groups excluding carboxylic acids is 1. The van der Waals surface area contributed by atoms with Crippen LogP contribution in [0, 0.1) is 5.82 Å². The molecule has 1 aromatic rings. The van der Waals surface area contributed by atoms with Gasteiger partial charge in [-0.05, 0) is 40.0 Å². The van der Waals surface area contributed by atoms with Crippen LogP contribution >= 0.6 is 11.6 Å². The van der Waals surface area contributed by atoms with Crippen LogP contribution in [-0.2, 0) is 25.8 Å². The molecule has 0 amide bonds. The highest BCUT2D eigenvalue weighted by atomic mass is 35.5. The number of nitrogens with zero attached hydrogens (tertiary/aromatic N) is 1. The Morgan fingerprint density at radius 3 is 2.24 bits per heavy atom. The van der Waals surface area contributed by atoms with Crippen molar-refractivity contribution in [2.75, 3.05) is 6.26 Å². The number of hydrogen-bond acceptors (Lipinski definition) is 3. The number of carbonyl (C=O) groups is 1. The van der Waals surface area contributed by atoms with Gasteiger partial charge in [0, 0.05) is 10.3 Å². The summed E-state index contributed by atoms with van der Waals surface area (Å²) in [5.41, 5.74) is -1.35. The Labute approximate surface area is 158 Å². The summed E-state index contributed by atoms with van der Waals surface area (Å²) in [7, 11) is -0.404. The molecule has 6 heteroatoms. The van der Waals surface area contributed by atoms with Crippen molar-refractivity contribution in [3.8, 4) is 0 Å². The smallest absolute Gasteiger partial charge is 0.309 e. The second-order valence-corrected chi connectivity index (χ2v) is 11.1. The maximum atomic E-state index is 14.7. The average Bonchev–Trinajstić information content (AvgIpc) is 2.37. The standard InChI is InChI=1S/C19H29ClFNO2S/c1-17(2,3)24-15(23)12-19(7,22-25(8)18(4,5)6)13-10-9-11-14(20)16(13)21/h9-11H,12H2,1-8H3. The third-order valence-corrected chi connectivity index (χ3v) is 6.41. The van der Waals surface area contributed by atoms with Gasteiger partial charge in [0.1, 0.15) is 17.0 Å². The largest absolute Gasteiger partial charge is 0.460 e. The average molecular weight is 390 g/mol. The Balaban J connectivity index is 3.42. The number of hydrogen-bond donors (Lipinski definition) is 0. The van der Waals surface area contributed by atoms with E-state index in [9.17, 15) is 9.18 Å². The summed E-state index contributed by atoms with van der Waals surface area (Å²) in [6, 6.07) is 4.80. The number of rotatable bonds is 4. The molecule has 2 atom stereocenters. The van der Waals surface area contributed by atoms with Gasteiger partial charge in [0.2, 0.25) is 0 Å². The Morgan fingerprint density at radius 2 is 1.76 bits per heavy atom. The van der Waals surface area contributed by atoms with Crippen molar-refractivity contribution in [2.45, 2.75) is 70.8 Å². The van der Waals surface area contributed by atoms with Gasteiger partial charge in [0.15, 0.2) is 0 Å². The zero-order chi connectivity index (χ0) is 19.6. The van der Waals surface area contributed by atoms with Crippen LogP contribution in [0.1, 0.15) is 60.5 Å². The van der Waals surface area contributed by atoms with Gasteiger partial charge in [-0.1, -0.05) is 55.2 Å². The minimum Gasteiger partial charge on any atom is -0.460 e. The van der Waals surface area contributed by atoms with Crippen molar-refractivity contribution in [1.29, 1.82) is 0 Å². The second-order valence-electron chi connectivity index (χ2n) is 8.32. The molecule has 0 radical (unpaired) electrons. The first-order chi connectivity index (χ1) is 11.2. The molecule has 0 aliphatic heterocycles. The Kier molecular flexibility index (Phi) is 6.85. The lowest BCUT2D eigenvalue weighted by atomic mass is 9.89. The third kappa shape index (κ3) is 6.37. The molecule has 142 valence electrons. The fourth-order valence-electron chi connectivity index (χ4n) is 2.19. The molecule has 25 heavy (non-hydrogen) atoms. The Hall–Kier alpha value is -0.940. The van der Waals surface area contributed by atoms with Crippen LogP contribution in [0.15, 0.2) is 22.6 Å². The van der Waals surface area contributed by atoms with Crippen molar-refractivity contribution in [2.24, 2.45) is 4.36 Å². The summed E-state index contributed by atoms with van der Waals surface area (Å²) < 4.78 is 24.9. The van der Waals surface area contributed by atoms with Crippen LogP contribution in [-0.4, -0.2) is 22.6 Å². The summed E-state index contributed by atoms with van der Waals surface area (Å²) in [6.07, 6.45) is 1.95. The molecule has 0 bridgehead atoms. The first kappa shape index (κ1) is 22.1. The van der Waals surface area contributed by atoms with Crippen molar-refractivity contribution in [3.63, 3.8) is 0 Å². The predicted octanol–water partition coefficient (Wildman–Crippen LogP) is 5.66. The number of esters is 1. The van der Waals surface area contributed by atoms with Gasteiger partial charge in [-0.3, -0.25) is 9.16 Å². The predicted molar refractivity (Wildman–Crippen MR) is 105 cm³/mol. The lowest BCUT2D eigenvalue weighted by Gasteiger charge is -2.31. The lowest BCUT2D eigenvalue weighted by molar-refractivity contribution is -0.156. The summed E-state index contributed by atoms with van der Waals surface area (Å²) in [5, 5.41) is 0.0230. The molecule has 0 fully saturated rings. The molecule has 1 rings (SSSR count). The van der Waals surface area contributed by atoms with E-state index in [1.54, 1.807) is 39.8 Å². The monoisotopic (exact) mass is 389 g/mol. The second kappa shape index (κ2) is 7.75. The molecule has 0 aliphatic carbocycles. The number of ether oxygens (including phenoxy) is 1. The fourth-order valence-corrected chi connectivity index (χ4v) is 3.41. The van der Waals surface area contributed by atoms with Gasteiger partial charge >= 0.3 is 5.97 Å². The van der Waals surface area contributed by atoms with Gasteiger partial charge in [0.05, 0.1) is 11.4 Å². The maximum absolute atomic E-state index is 14.7. The topological polar surface area (TPSA) is 38.7 Å². The van der Waals surface area contributed by atoms with E-state index < -0.39 is 33.6 Å². The van der Waals surface area contributed by atoms with E-state index >= 15 is 0 Å². The van der Waals surface area contributed by atoms with Crippen molar-refractivity contribution in [1.82, 2.24) is 0 Å². The van der Waals surface area contributed by atoms with Gasteiger partial charge in [-0.2, -0.15) is 0 Å². The molecule has 0 spiro atoms. The highest BCUT2D eigenvalue weighted by Gasteiger charge is 2.35. The normalized spacial score (nSPS) is 16.4. The van der Waals surface area contributed by atoms with Gasteiger partial charge in [0.25, 0.3) is 0 Å². The van der Waals surface area contributed by atoms with Crippen molar-refractivity contribution in [3.05, 3.63) is 34.6 Å². The van der Waals surface area contributed by atoms with Gasteiger partial charge < -0.3 is 4.74 Å². The molecule has 0 saturated carbocycles. The number of halogens is 2. The highest BCUT2D eigenvalue weighted by molar-refractivity contribution is 7.87. The van der Waals surface area contributed by atoms with Crippen LogP contribution in [0.2, 0.25) is 5.02 Å². The van der Waals surface area contributed by atoms with E-state index in [-0.39, 0.29) is 16.2 Å². The Bertz CT molecular complexity index is 677. The highest BCUT2D eigenvalue weighted by Crippen LogP contribution is 2.36. The molecule has 0 saturated heterocycles. The van der Waals surface area contributed by atoms with Gasteiger partial charge in [-0.15, -0.1) is 0 Å². The summed E-state index contributed by atoms with van der Waals surface area (Å²) in [4.78, 5) is 12.4. The van der Waals surface area contributed by atoms with Crippen LogP contribution in [0.25, 0.3) is 0 Å². The lowest BCUT2D eigenvalue weighted by Crippen LogP contribution is -2.32. The first-order valence-electron chi connectivity index (χ1n) is 8.21. The molecule has 0 N–H and O–H groups in total. The quantitative estimate of drug-likeness (QED) is 0.623. The molecule has 2 unspecified atom stereocenters. The molecular formula is C19H29ClFNO2S. The molecule has 0 heterocycles. The van der Waals surface area contributed by atoms with Crippen molar-refractivity contribution < 1.29 is 13.9 Å². The SMILES string of the molecule is CS(=NC(C)(CC(=O)OC(C)(C)C)c1cccc(Cl)c1F)C(C)(C)C. The fraction of sp³-hybridized carbons (Fsp3) is 0.632. The van der Waals surface area contributed by atoms with Crippen LogP contribution in [0.3, 0.4) is 0 Å². The van der Waals surface area contributed by atoms with E-state index in [1.807, 2.05) is 6.26 Å². The minimum absolute atomic E-state index is 0.0230. The summed E-state index contributed by atoms with van der Waals surface area (Å²) in [6.45, 7) is 13.4. The van der Waals surface area contributed by atoms with E-state index in [2.05, 4.69) is 20.8 Å². The summed E-state index contributed by atoms with van der Waals surface area (Å²) >= 11 is 5.96. The molecule has 3 nitrogen and oxygen atoms in total. The zero-order valence-electron chi connectivity index (χ0n) is 16.4. The van der Waals surface area contributed by atoms with Crippen molar-refractivity contribution >= 4 is 28.3 Å². The molecule has 0 aliphatic rings. The minimum atomic E-state index is -1.05. The van der Waals surface area contributed by atoms with E-state index in [1.165, 1.54) is 6.07 Å². The van der Waals surface area contributed by atoms with E-state index in [0.717, 1.165) is 0 Å². The van der Waals surface area contributed by atoms with E-state index in [4.69, 9.17) is 20.7 Å². The molecule has 0 aromatic heterocycles. The van der Waals surface area contributed by atoms with E-state index in [0.29, 0.717) is 5.56 Å². The summed E-state index contributed by atoms with van der Waals surface area (Å²) in [5.74, 6) is -0.950. The molecule has 1 aromatic carbocycles. The number of benzene rings is 1. The van der Waals surface area contributed by atoms with Crippen LogP contribution < -0.4 is 0 Å². The maximum Gasteiger partial charge on any atom is 0.309 e. The zero-order valence-corrected chi connectivity index (χ0v) is 17.9. The van der Waals surface area contributed by atoms with Gasteiger partial charge in [-0.25, -0.2) is 4.39 Å². The molecular weight excluding hydrogens is 361 g/mol. The van der Waals surface area contributed by atoms with Crippen LogP contribution in [0.4, 0.5) is 4.39 Å². The first-order valence-corrected chi connectivity index (χ1v) is 10.2. The Morgan fingerprint density at radius 1 is 1.20 bits per heavy atom.